The Hall–Kier alpha value is -1.78. The molecular weight excluding hydrogens is 469 g/mol. The van der Waals surface area contributed by atoms with Crippen molar-refractivity contribution in [1.82, 2.24) is 9.29 Å². The summed E-state index contributed by atoms with van der Waals surface area (Å²) in [4.78, 5) is 2.93. The molecule has 0 unspecified atom stereocenters. The van der Waals surface area contributed by atoms with Crippen molar-refractivity contribution in [1.29, 1.82) is 0 Å². The molecule has 1 aromatic heterocycles. The highest BCUT2D eigenvalue weighted by Crippen LogP contribution is 2.35. The van der Waals surface area contributed by atoms with E-state index in [0.29, 0.717) is 34.0 Å². The van der Waals surface area contributed by atoms with Crippen molar-refractivity contribution in [2.45, 2.75) is 29.1 Å². The second-order valence-corrected chi connectivity index (χ2v) is 11.5. The van der Waals surface area contributed by atoms with Crippen molar-refractivity contribution in [3.8, 4) is 0 Å². The summed E-state index contributed by atoms with van der Waals surface area (Å²) in [5.74, 6) is 0. The number of fused-ring (bicyclic) bond motifs is 1. The van der Waals surface area contributed by atoms with E-state index in [1.165, 1.54) is 40.8 Å². The molecule has 160 valence electrons. The Morgan fingerprint density at radius 2 is 1.47 bits per heavy atom. The summed E-state index contributed by atoms with van der Waals surface area (Å²) in [6, 6.07) is 8.30. The Balaban J connectivity index is 1.62. The van der Waals surface area contributed by atoms with E-state index in [4.69, 9.17) is 23.2 Å². The molecule has 3 aromatic rings. The van der Waals surface area contributed by atoms with Crippen LogP contribution in [0.2, 0.25) is 10.0 Å². The highest BCUT2D eigenvalue weighted by Gasteiger charge is 2.26. The van der Waals surface area contributed by atoms with Crippen molar-refractivity contribution in [2.24, 2.45) is 0 Å². The van der Waals surface area contributed by atoms with Crippen LogP contribution in [0, 0.1) is 0 Å². The van der Waals surface area contributed by atoms with Gasteiger partial charge in [0.15, 0.2) is 0 Å². The van der Waals surface area contributed by atoms with Gasteiger partial charge in [-0.25, -0.2) is 16.8 Å². The summed E-state index contributed by atoms with van der Waals surface area (Å²) in [6.07, 6.45) is 4.19. The third-order valence-corrected chi connectivity index (χ3v) is 8.98. The monoisotopic (exact) mass is 487 g/mol. The molecule has 7 nitrogen and oxygen atoms in total. The number of hydrogen-bond donors (Lipinski definition) is 2. The SMILES string of the molecule is O=S(=O)(Nc1ccc(Cl)c2c(Cl)c[nH]c12)c1ccc(S(=O)(=O)N2CCCCC2)cc1. The van der Waals surface area contributed by atoms with E-state index < -0.39 is 20.0 Å². The zero-order chi connectivity index (χ0) is 21.5. The predicted molar refractivity (Wildman–Crippen MR) is 118 cm³/mol. The number of benzene rings is 2. The van der Waals surface area contributed by atoms with Gasteiger partial charge in [-0.1, -0.05) is 29.6 Å². The van der Waals surface area contributed by atoms with Crippen molar-refractivity contribution >= 4 is 59.8 Å². The van der Waals surface area contributed by atoms with Gasteiger partial charge in [0.2, 0.25) is 10.0 Å². The first-order valence-corrected chi connectivity index (χ1v) is 13.0. The molecule has 2 heterocycles. The number of nitrogens with zero attached hydrogens (tertiary/aromatic N) is 1. The van der Waals surface area contributed by atoms with Crippen LogP contribution in [-0.4, -0.2) is 39.2 Å². The van der Waals surface area contributed by atoms with Gasteiger partial charge in [-0.15, -0.1) is 0 Å². The number of piperidine rings is 1. The number of aromatic nitrogens is 1. The highest BCUT2D eigenvalue weighted by atomic mass is 35.5. The molecular formula is C19H19Cl2N3O4S2. The van der Waals surface area contributed by atoms with Gasteiger partial charge < -0.3 is 4.98 Å². The van der Waals surface area contributed by atoms with Crippen LogP contribution in [0.15, 0.2) is 52.4 Å². The predicted octanol–water partition coefficient (Wildman–Crippen LogP) is 4.45. The van der Waals surface area contributed by atoms with Gasteiger partial charge in [0.05, 0.1) is 31.0 Å². The van der Waals surface area contributed by atoms with Crippen LogP contribution in [0.25, 0.3) is 10.9 Å². The molecule has 0 atom stereocenters. The summed E-state index contributed by atoms with van der Waals surface area (Å²) in [6.45, 7) is 0.963. The Kier molecular flexibility index (Phi) is 5.75. The Labute approximate surface area is 185 Å². The molecule has 0 aliphatic carbocycles. The molecule has 30 heavy (non-hydrogen) atoms. The van der Waals surface area contributed by atoms with E-state index in [2.05, 4.69) is 9.71 Å². The first kappa shape index (κ1) is 21.5. The minimum Gasteiger partial charge on any atom is -0.358 e. The molecule has 0 bridgehead atoms. The van der Waals surface area contributed by atoms with Crippen LogP contribution in [0.3, 0.4) is 0 Å². The summed E-state index contributed by atoms with van der Waals surface area (Å²) in [5.41, 5.74) is 0.742. The average Bonchev–Trinajstić information content (AvgIpc) is 3.13. The Morgan fingerprint density at radius 1 is 0.833 bits per heavy atom. The molecule has 2 aromatic carbocycles. The minimum absolute atomic E-state index is 0.0548. The van der Waals surface area contributed by atoms with Crippen LogP contribution in [0.1, 0.15) is 19.3 Å². The van der Waals surface area contributed by atoms with E-state index in [9.17, 15) is 16.8 Å². The van der Waals surface area contributed by atoms with Gasteiger partial charge in [-0.3, -0.25) is 4.72 Å². The lowest BCUT2D eigenvalue weighted by Crippen LogP contribution is -2.35. The molecule has 0 amide bonds. The lowest BCUT2D eigenvalue weighted by atomic mass is 10.2. The number of sulfonamides is 2. The molecule has 2 N–H and O–H groups in total. The van der Waals surface area contributed by atoms with E-state index in [1.807, 2.05) is 0 Å². The molecule has 1 saturated heterocycles. The average molecular weight is 488 g/mol. The second-order valence-electron chi connectivity index (χ2n) is 7.02. The van der Waals surface area contributed by atoms with E-state index in [0.717, 1.165) is 19.3 Å². The maximum atomic E-state index is 12.8. The van der Waals surface area contributed by atoms with Crippen molar-refractivity contribution in [3.63, 3.8) is 0 Å². The summed E-state index contributed by atoms with van der Waals surface area (Å²) < 4.78 is 55.1. The van der Waals surface area contributed by atoms with Gasteiger partial charge >= 0.3 is 0 Å². The fourth-order valence-electron chi connectivity index (χ4n) is 3.50. The van der Waals surface area contributed by atoms with E-state index in [-0.39, 0.29) is 15.5 Å². The zero-order valence-corrected chi connectivity index (χ0v) is 18.9. The van der Waals surface area contributed by atoms with Gasteiger partial charge in [-0.05, 0) is 49.2 Å². The lowest BCUT2D eigenvalue weighted by molar-refractivity contribution is 0.346. The maximum absolute atomic E-state index is 12.8. The van der Waals surface area contributed by atoms with Gasteiger partial charge in [0.1, 0.15) is 0 Å². The zero-order valence-electron chi connectivity index (χ0n) is 15.7. The maximum Gasteiger partial charge on any atom is 0.261 e. The topological polar surface area (TPSA) is 99.3 Å². The summed E-state index contributed by atoms with van der Waals surface area (Å²) >= 11 is 12.3. The molecule has 0 saturated carbocycles. The third-order valence-electron chi connectivity index (χ3n) is 5.07. The highest BCUT2D eigenvalue weighted by molar-refractivity contribution is 7.92. The van der Waals surface area contributed by atoms with Gasteiger partial charge in [0.25, 0.3) is 10.0 Å². The van der Waals surface area contributed by atoms with Crippen molar-refractivity contribution in [3.05, 3.63) is 52.6 Å². The van der Waals surface area contributed by atoms with Gasteiger partial charge in [-0.2, -0.15) is 4.31 Å². The molecule has 1 aliphatic rings. The van der Waals surface area contributed by atoms with Crippen molar-refractivity contribution < 1.29 is 16.8 Å². The van der Waals surface area contributed by atoms with E-state index in [1.54, 1.807) is 6.07 Å². The molecule has 11 heteroatoms. The van der Waals surface area contributed by atoms with Crippen molar-refractivity contribution in [2.75, 3.05) is 17.8 Å². The number of halogens is 2. The number of H-pyrrole nitrogens is 1. The lowest BCUT2D eigenvalue weighted by Gasteiger charge is -2.25. The van der Waals surface area contributed by atoms with Gasteiger partial charge in [0, 0.05) is 24.7 Å². The van der Waals surface area contributed by atoms with Crippen LogP contribution in [0.5, 0.6) is 0 Å². The molecule has 1 fully saturated rings. The minimum atomic E-state index is -3.96. The second kappa shape index (κ2) is 8.05. The molecule has 0 spiro atoms. The van der Waals surface area contributed by atoms with E-state index >= 15 is 0 Å². The third kappa shape index (κ3) is 3.92. The Bertz CT molecular complexity index is 1300. The normalized spacial score (nSPS) is 16.1. The standard InChI is InChI=1S/C19H19Cl2N3O4S2/c20-15-8-9-17(19-18(15)16(21)12-22-19)23-29(25,26)13-4-6-14(7-5-13)30(27,28)24-10-2-1-3-11-24/h4-9,12,22-23H,1-3,10-11H2. The Morgan fingerprint density at radius 3 is 2.13 bits per heavy atom. The summed E-state index contributed by atoms with van der Waals surface area (Å²) in [7, 11) is -7.59. The number of rotatable bonds is 5. The molecule has 0 radical (unpaired) electrons. The summed E-state index contributed by atoms with van der Waals surface area (Å²) in [5, 5.41) is 1.29. The number of hydrogen-bond acceptors (Lipinski definition) is 4. The quantitative estimate of drug-likeness (QED) is 0.554. The molecule has 4 rings (SSSR count). The first-order chi connectivity index (χ1) is 14.2. The van der Waals surface area contributed by atoms with Crippen LogP contribution in [0.4, 0.5) is 5.69 Å². The largest absolute Gasteiger partial charge is 0.358 e. The van der Waals surface area contributed by atoms with Crippen LogP contribution in [-0.2, 0) is 20.0 Å². The number of nitrogens with one attached hydrogen (secondary N) is 2. The first-order valence-electron chi connectivity index (χ1n) is 9.28. The molecule has 1 aliphatic heterocycles. The number of anilines is 1. The van der Waals surface area contributed by atoms with Crippen LogP contribution < -0.4 is 4.72 Å². The van der Waals surface area contributed by atoms with Crippen LogP contribution >= 0.6 is 23.2 Å². The fraction of sp³-hybridized carbons (Fsp3) is 0.263. The number of aromatic amines is 1. The fourth-order valence-corrected chi connectivity index (χ4v) is 6.65. The smallest absolute Gasteiger partial charge is 0.261 e.